The van der Waals surface area contributed by atoms with Gasteiger partial charge >= 0.3 is 6.36 Å². The van der Waals surface area contributed by atoms with Crippen molar-refractivity contribution in [3.63, 3.8) is 0 Å². The number of benzene rings is 1. The lowest BCUT2D eigenvalue weighted by atomic mass is 10.2. The normalized spacial score (nSPS) is 17.8. The average molecular weight is 389 g/mol. The summed E-state index contributed by atoms with van der Waals surface area (Å²) in [6, 6.07) is 6.00. The van der Waals surface area contributed by atoms with E-state index in [9.17, 15) is 13.2 Å². The Labute approximate surface area is 157 Å². The summed E-state index contributed by atoms with van der Waals surface area (Å²) < 4.78 is 52.5. The minimum Gasteiger partial charge on any atom is -0.405 e. The van der Waals surface area contributed by atoms with E-state index in [1.807, 2.05) is 0 Å². The molecule has 1 aliphatic rings. The molecule has 1 aliphatic heterocycles. The molecule has 6 nitrogen and oxygen atoms in total. The lowest BCUT2D eigenvalue weighted by molar-refractivity contribution is -0.274. The number of para-hydroxylation sites is 1. The highest BCUT2D eigenvalue weighted by molar-refractivity contribution is 5.79. The quantitative estimate of drug-likeness (QED) is 0.386. The number of guanidine groups is 1. The molecule has 0 aliphatic carbocycles. The van der Waals surface area contributed by atoms with Gasteiger partial charge in [-0.15, -0.1) is 13.2 Å². The Hall–Kier alpha value is -2.00. The summed E-state index contributed by atoms with van der Waals surface area (Å²) in [6.45, 7) is 2.82. The Balaban J connectivity index is 1.66. The van der Waals surface area contributed by atoms with E-state index in [0.717, 1.165) is 25.9 Å². The van der Waals surface area contributed by atoms with Crippen molar-refractivity contribution in [2.45, 2.75) is 38.3 Å². The molecular weight excluding hydrogens is 363 g/mol. The fourth-order valence-corrected chi connectivity index (χ4v) is 2.65. The molecule has 1 saturated heterocycles. The van der Waals surface area contributed by atoms with Gasteiger partial charge in [0.2, 0.25) is 0 Å². The van der Waals surface area contributed by atoms with Crippen LogP contribution in [0, 0.1) is 0 Å². The Morgan fingerprint density at radius 3 is 2.81 bits per heavy atom. The molecule has 1 atom stereocenters. The molecule has 1 unspecified atom stereocenters. The predicted octanol–water partition coefficient (Wildman–Crippen LogP) is 2.84. The Morgan fingerprint density at radius 1 is 1.30 bits per heavy atom. The number of aliphatic imine (C=N–C) groups is 1. The van der Waals surface area contributed by atoms with Crippen molar-refractivity contribution in [2.24, 2.45) is 4.99 Å². The van der Waals surface area contributed by atoms with Crippen molar-refractivity contribution < 1.29 is 27.4 Å². The molecule has 0 spiro atoms. The summed E-state index contributed by atoms with van der Waals surface area (Å²) in [4.78, 5) is 4.06. The first-order chi connectivity index (χ1) is 13.0. The van der Waals surface area contributed by atoms with E-state index in [1.54, 1.807) is 19.2 Å². The summed E-state index contributed by atoms with van der Waals surface area (Å²) in [6.07, 6.45) is -1.59. The van der Waals surface area contributed by atoms with Crippen LogP contribution in [0.2, 0.25) is 0 Å². The van der Waals surface area contributed by atoms with Crippen LogP contribution in [-0.2, 0) is 16.0 Å². The molecule has 27 heavy (non-hydrogen) atoms. The smallest absolute Gasteiger partial charge is 0.405 e. The van der Waals surface area contributed by atoms with Gasteiger partial charge in [0.25, 0.3) is 0 Å². The predicted molar refractivity (Wildman–Crippen MR) is 95.7 cm³/mol. The topological polar surface area (TPSA) is 64.1 Å². The van der Waals surface area contributed by atoms with Crippen LogP contribution in [0.1, 0.15) is 24.8 Å². The van der Waals surface area contributed by atoms with Gasteiger partial charge in [-0.3, -0.25) is 4.99 Å². The summed E-state index contributed by atoms with van der Waals surface area (Å²) in [5.41, 5.74) is 0.387. The molecule has 9 heteroatoms. The maximum absolute atomic E-state index is 12.5. The Bertz CT molecular complexity index is 591. The minimum absolute atomic E-state index is 0.154. The molecule has 0 amide bonds. The highest BCUT2D eigenvalue weighted by atomic mass is 19.4. The van der Waals surface area contributed by atoms with Gasteiger partial charge in [-0.2, -0.15) is 0 Å². The first kappa shape index (κ1) is 21.3. The molecule has 1 fully saturated rings. The Kier molecular flexibility index (Phi) is 8.66. The molecule has 0 radical (unpaired) electrons. The Morgan fingerprint density at radius 2 is 2.11 bits per heavy atom. The number of hydrogen-bond donors (Lipinski definition) is 2. The second-order valence-electron chi connectivity index (χ2n) is 6.07. The van der Waals surface area contributed by atoms with Gasteiger partial charge in [-0.05, 0) is 25.3 Å². The standard InChI is InChI=1S/C18H26F3N3O3/c1-22-17(23-9-5-10-25-13-15-7-4-11-26-15)24-12-14-6-2-3-8-16(14)27-18(19,20)21/h2-3,6,8,15H,4-5,7,9-13H2,1H3,(H2,22,23,24). The number of rotatable bonds is 9. The van der Waals surface area contributed by atoms with E-state index in [-0.39, 0.29) is 18.4 Å². The van der Waals surface area contributed by atoms with E-state index in [2.05, 4.69) is 20.4 Å². The molecule has 1 aromatic rings. The van der Waals surface area contributed by atoms with E-state index < -0.39 is 6.36 Å². The van der Waals surface area contributed by atoms with E-state index >= 15 is 0 Å². The molecule has 2 rings (SSSR count). The van der Waals surface area contributed by atoms with E-state index in [0.29, 0.717) is 31.3 Å². The molecule has 152 valence electrons. The zero-order valence-electron chi connectivity index (χ0n) is 15.3. The maximum atomic E-state index is 12.5. The highest BCUT2D eigenvalue weighted by Crippen LogP contribution is 2.26. The van der Waals surface area contributed by atoms with Crippen molar-refractivity contribution >= 4 is 5.96 Å². The number of nitrogens with one attached hydrogen (secondary N) is 2. The van der Waals surface area contributed by atoms with Crippen LogP contribution in [0.4, 0.5) is 13.2 Å². The lowest BCUT2D eigenvalue weighted by Gasteiger charge is -2.16. The molecule has 0 bridgehead atoms. The van der Waals surface area contributed by atoms with Crippen LogP contribution < -0.4 is 15.4 Å². The minimum atomic E-state index is -4.72. The molecule has 1 aromatic carbocycles. The number of nitrogens with zero attached hydrogens (tertiary/aromatic N) is 1. The van der Waals surface area contributed by atoms with Gasteiger partial charge in [0.05, 0.1) is 12.7 Å². The maximum Gasteiger partial charge on any atom is 0.573 e. The van der Waals surface area contributed by atoms with Crippen molar-refractivity contribution in [1.82, 2.24) is 10.6 Å². The summed E-state index contributed by atoms with van der Waals surface area (Å²) >= 11 is 0. The summed E-state index contributed by atoms with van der Waals surface area (Å²) in [5, 5.41) is 6.08. The van der Waals surface area contributed by atoms with Gasteiger partial charge in [0, 0.05) is 38.9 Å². The van der Waals surface area contributed by atoms with Gasteiger partial charge in [-0.25, -0.2) is 0 Å². The third-order valence-electron chi connectivity index (χ3n) is 3.95. The first-order valence-corrected chi connectivity index (χ1v) is 8.95. The van der Waals surface area contributed by atoms with Crippen LogP contribution in [0.25, 0.3) is 0 Å². The van der Waals surface area contributed by atoms with Gasteiger partial charge < -0.3 is 24.8 Å². The van der Waals surface area contributed by atoms with Crippen LogP contribution in [0.3, 0.4) is 0 Å². The van der Waals surface area contributed by atoms with E-state index in [1.165, 1.54) is 12.1 Å². The third kappa shape index (κ3) is 8.49. The first-order valence-electron chi connectivity index (χ1n) is 8.95. The average Bonchev–Trinajstić information content (AvgIpc) is 3.14. The number of halogens is 3. The second kappa shape index (κ2) is 11.0. The zero-order chi connectivity index (χ0) is 19.5. The summed E-state index contributed by atoms with van der Waals surface area (Å²) in [5.74, 6) is 0.270. The van der Waals surface area contributed by atoms with Gasteiger partial charge in [0.1, 0.15) is 5.75 Å². The van der Waals surface area contributed by atoms with Crippen LogP contribution >= 0.6 is 0 Å². The fraction of sp³-hybridized carbons (Fsp3) is 0.611. The molecular formula is C18H26F3N3O3. The lowest BCUT2D eigenvalue weighted by Crippen LogP contribution is -2.37. The second-order valence-corrected chi connectivity index (χ2v) is 6.07. The molecule has 2 N–H and O–H groups in total. The van der Waals surface area contributed by atoms with Crippen LogP contribution in [-0.4, -0.2) is 51.8 Å². The van der Waals surface area contributed by atoms with Gasteiger partial charge in [0.15, 0.2) is 5.96 Å². The largest absolute Gasteiger partial charge is 0.573 e. The molecule has 1 heterocycles. The van der Waals surface area contributed by atoms with Crippen molar-refractivity contribution in [2.75, 3.05) is 33.4 Å². The molecule has 0 aromatic heterocycles. The van der Waals surface area contributed by atoms with Crippen LogP contribution in [0.15, 0.2) is 29.3 Å². The van der Waals surface area contributed by atoms with Crippen LogP contribution in [0.5, 0.6) is 5.75 Å². The van der Waals surface area contributed by atoms with E-state index in [4.69, 9.17) is 9.47 Å². The number of hydrogen-bond acceptors (Lipinski definition) is 4. The zero-order valence-corrected chi connectivity index (χ0v) is 15.3. The summed E-state index contributed by atoms with van der Waals surface area (Å²) in [7, 11) is 1.60. The van der Waals surface area contributed by atoms with Crippen molar-refractivity contribution in [3.8, 4) is 5.75 Å². The van der Waals surface area contributed by atoms with Crippen molar-refractivity contribution in [3.05, 3.63) is 29.8 Å². The monoisotopic (exact) mass is 389 g/mol. The number of alkyl halides is 3. The molecule has 0 saturated carbocycles. The van der Waals surface area contributed by atoms with Gasteiger partial charge in [-0.1, -0.05) is 18.2 Å². The third-order valence-corrected chi connectivity index (χ3v) is 3.95. The SMILES string of the molecule is CN=C(NCCCOCC1CCCO1)NCc1ccccc1OC(F)(F)F. The highest BCUT2D eigenvalue weighted by Gasteiger charge is 2.31. The number of ether oxygens (including phenoxy) is 3. The van der Waals surface area contributed by atoms with Crippen molar-refractivity contribution in [1.29, 1.82) is 0 Å². The fourth-order valence-electron chi connectivity index (χ4n) is 2.65.